The quantitative estimate of drug-likeness (QED) is 0.567. The van der Waals surface area contributed by atoms with Crippen LogP contribution in [0.25, 0.3) is 0 Å². The van der Waals surface area contributed by atoms with Crippen LogP contribution in [0.15, 0.2) is 0 Å². The van der Waals surface area contributed by atoms with Crippen LogP contribution in [0.1, 0.15) is 6.42 Å². The number of carbonyl (C=O) groups is 2. The van der Waals surface area contributed by atoms with E-state index in [1.807, 2.05) is 0 Å². The highest BCUT2D eigenvalue weighted by atomic mass is 16.5. The second-order valence-electron chi connectivity index (χ2n) is 3.81. The largest absolute Gasteiger partial charge is 0.383 e. The van der Waals surface area contributed by atoms with Gasteiger partial charge in [0.05, 0.1) is 19.1 Å². The summed E-state index contributed by atoms with van der Waals surface area (Å²) in [6, 6.07) is -0.388. The zero-order chi connectivity index (χ0) is 12.0. The summed E-state index contributed by atoms with van der Waals surface area (Å²) in [4.78, 5) is 24.8. The lowest BCUT2D eigenvalue weighted by molar-refractivity contribution is -0.136. The molecule has 6 nitrogen and oxygen atoms in total. The number of piperazine rings is 1. The van der Waals surface area contributed by atoms with Crippen LogP contribution < -0.4 is 10.6 Å². The van der Waals surface area contributed by atoms with Crippen molar-refractivity contribution >= 4 is 11.8 Å². The number of methoxy groups -OCH3 is 1. The standard InChI is InChI=1S/C10H19N3O3/c1-13-5-3-11-8(10(13)15)7-9(14)12-4-6-16-2/h8,11H,3-7H2,1-2H3,(H,12,14). The van der Waals surface area contributed by atoms with E-state index in [-0.39, 0.29) is 24.3 Å². The van der Waals surface area contributed by atoms with Gasteiger partial charge in [-0.2, -0.15) is 0 Å². The van der Waals surface area contributed by atoms with E-state index in [1.165, 1.54) is 0 Å². The van der Waals surface area contributed by atoms with Crippen molar-refractivity contribution in [3.05, 3.63) is 0 Å². The zero-order valence-electron chi connectivity index (χ0n) is 9.78. The van der Waals surface area contributed by atoms with Crippen molar-refractivity contribution in [3.63, 3.8) is 0 Å². The van der Waals surface area contributed by atoms with Crippen molar-refractivity contribution in [3.8, 4) is 0 Å². The molecule has 0 saturated carbocycles. The summed E-state index contributed by atoms with van der Waals surface area (Å²) < 4.78 is 4.81. The maximum atomic E-state index is 11.6. The van der Waals surface area contributed by atoms with E-state index in [1.54, 1.807) is 19.1 Å². The highest BCUT2D eigenvalue weighted by Gasteiger charge is 2.27. The normalized spacial score (nSPS) is 21.0. The maximum absolute atomic E-state index is 11.6. The van der Waals surface area contributed by atoms with Crippen molar-refractivity contribution in [2.45, 2.75) is 12.5 Å². The summed E-state index contributed by atoms with van der Waals surface area (Å²) in [6.45, 7) is 2.39. The van der Waals surface area contributed by atoms with E-state index in [0.717, 1.165) is 6.54 Å². The van der Waals surface area contributed by atoms with E-state index in [2.05, 4.69) is 10.6 Å². The van der Waals surface area contributed by atoms with Gasteiger partial charge in [0.15, 0.2) is 0 Å². The molecule has 6 heteroatoms. The van der Waals surface area contributed by atoms with Gasteiger partial charge in [0.1, 0.15) is 0 Å². The molecule has 0 radical (unpaired) electrons. The number of hydrogen-bond donors (Lipinski definition) is 2. The lowest BCUT2D eigenvalue weighted by atomic mass is 10.1. The van der Waals surface area contributed by atoms with Gasteiger partial charge in [-0.05, 0) is 0 Å². The van der Waals surface area contributed by atoms with Gasteiger partial charge in [0, 0.05) is 33.8 Å². The second kappa shape index (κ2) is 6.44. The third-order valence-electron chi connectivity index (χ3n) is 2.53. The van der Waals surface area contributed by atoms with Gasteiger partial charge in [-0.25, -0.2) is 0 Å². The Balaban J connectivity index is 2.29. The summed E-state index contributed by atoms with van der Waals surface area (Å²) in [5, 5.41) is 5.73. The first-order chi connectivity index (χ1) is 7.65. The molecule has 2 amide bonds. The molecule has 0 aromatic heterocycles. The molecule has 0 aromatic rings. The minimum absolute atomic E-state index is 0.0202. The predicted octanol–water partition coefficient (Wildman–Crippen LogP) is -1.43. The highest BCUT2D eigenvalue weighted by Crippen LogP contribution is 2.02. The summed E-state index contributed by atoms with van der Waals surface area (Å²) in [7, 11) is 3.33. The molecule has 0 aliphatic carbocycles. The summed E-state index contributed by atoms with van der Waals surface area (Å²) >= 11 is 0. The maximum Gasteiger partial charge on any atom is 0.240 e. The number of ether oxygens (including phenoxy) is 1. The van der Waals surface area contributed by atoms with Crippen LogP contribution in [-0.4, -0.2) is 63.2 Å². The zero-order valence-corrected chi connectivity index (χ0v) is 9.78. The fraction of sp³-hybridized carbons (Fsp3) is 0.800. The molecule has 1 aliphatic rings. The van der Waals surface area contributed by atoms with Crippen LogP contribution >= 0.6 is 0 Å². The molecule has 1 unspecified atom stereocenters. The highest BCUT2D eigenvalue weighted by molar-refractivity contribution is 5.88. The van der Waals surface area contributed by atoms with E-state index in [9.17, 15) is 9.59 Å². The number of nitrogens with zero attached hydrogens (tertiary/aromatic N) is 1. The first kappa shape index (κ1) is 12.9. The molecule has 16 heavy (non-hydrogen) atoms. The molecule has 0 bridgehead atoms. The number of amides is 2. The third-order valence-corrected chi connectivity index (χ3v) is 2.53. The number of likely N-dealkylation sites (N-methyl/N-ethyl adjacent to an activating group) is 1. The van der Waals surface area contributed by atoms with E-state index in [0.29, 0.717) is 19.7 Å². The van der Waals surface area contributed by atoms with Crippen LogP contribution in [0.4, 0.5) is 0 Å². The summed E-state index contributed by atoms with van der Waals surface area (Å²) in [5.74, 6) is -0.147. The molecule has 1 rings (SSSR count). The van der Waals surface area contributed by atoms with Gasteiger partial charge in [-0.1, -0.05) is 0 Å². The fourth-order valence-corrected chi connectivity index (χ4v) is 1.58. The molecule has 0 spiro atoms. The van der Waals surface area contributed by atoms with Gasteiger partial charge in [0.25, 0.3) is 0 Å². The molecule has 1 heterocycles. The summed E-state index contributed by atoms with van der Waals surface area (Å²) in [5.41, 5.74) is 0. The van der Waals surface area contributed by atoms with Gasteiger partial charge in [-0.15, -0.1) is 0 Å². The second-order valence-corrected chi connectivity index (χ2v) is 3.81. The van der Waals surface area contributed by atoms with E-state index < -0.39 is 0 Å². The predicted molar refractivity (Wildman–Crippen MR) is 58.9 cm³/mol. The topological polar surface area (TPSA) is 70.7 Å². The van der Waals surface area contributed by atoms with Crippen LogP contribution in [0, 0.1) is 0 Å². The molecule has 1 aliphatic heterocycles. The molecule has 0 aromatic carbocycles. The van der Waals surface area contributed by atoms with Crippen LogP contribution in [0.2, 0.25) is 0 Å². The third kappa shape index (κ3) is 3.79. The Kier molecular flexibility index (Phi) is 5.21. The van der Waals surface area contributed by atoms with E-state index >= 15 is 0 Å². The molecule has 92 valence electrons. The number of hydrogen-bond acceptors (Lipinski definition) is 4. The first-order valence-electron chi connectivity index (χ1n) is 5.39. The number of nitrogens with one attached hydrogen (secondary N) is 2. The van der Waals surface area contributed by atoms with Crippen LogP contribution in [0.3, 0.4) is 0 Å². The average molecular weight is 229 g/mol. The van der Waals surface area contributed by atoms with Crippen LogP contribution in [-0.2, 0) is 14.3 Å². The first-order valence-corrected chi connectivity index (χ1v) is 5.39. The SMILES string of the molecule is COCCNC(=O)CC1NCCN(C)C1=O. The summed E-state index contributed by atoms with van der Waals surface area (Å²) in [6.07, 6.45) is 0.187. The smallest absolute Gasteiger partial charge is 0.240 e. The lowest BCUT2D eigenvalue weighted by Crippen LogP contribution is -2.54. The fourth-order valence-electron chi connectivity index (χ4n) is 1.58. The van der Waals surface area contributed by atoms with Crippen molar-refractivity contribution in [1.29, 1.82) is 0 Å². The molecule has 1 atom stereocenters. The van der Waals surface area contributed by atoms with E-state index in [4.69, 9.17) is 4.74 Å². The minimum Gasteiger partial charge on any atom is -0.383 e. The monoisotopic (exact) mass is 229 g/mol. The Hall–Kier alpha value is -1.14. The van der Waals surface area contributed by atoms with Crippen LogP contribution in [0.5, 0.6) is 0 Å². The van der Waals surface area contributed by atoms with Crippen molar-refractivity contribution < 1.29 is 14.3 Å². The molecular weight excluding hydrogens is 210 g/mol. The Bertz CT molecular complexity index is 258. The van der Waals surface area contributed by atoms with Crippen molar-refractivity contribution in [2.75, 3.05) is 40.4 Å². The number of carbonyl (C=O) groups excluding carboxylic acids is 2. The van der Waals surface area contributed by atoms with Gasteiger partial charge in [-0.3, -0.25) is 9.59 Å². The van der Waals surface area contributed by atoms with Gasteiger partial charge >= 0.3 is 0 Å². The molecular formula is C10H19N3O3. The lowest BCUT2D eigenvalue weighted by Gasteiger charge is -2.29. The van der Waals surface area contributed by atoms with Crippen molar-refractivity contribution in [1.82, 2.24) is 15.5 Å². The number of rotatable bonds is 5. The minimum atomic E-state index is -0.388. The Morgan fingerprint density at radius 2 is 2.44 bits per heavy atom. The Labute approximate surface area is 95.3 Å². The molecule has 1 fully saturated rings. The molecule has 2 N–H and O–H groups in total. The Morgan fingerprint density at radius 3 is 3.12 bits per heavy atom. The van der Waals surface area contributed by atoms with Gasteiger partial charge in [0.2, 0.25) is 11.8 Å². The van der Waals surface area contributed by atoms with Gasteiger partial charge < -0.3 is 20.3 Å². The molecule has 1 saturated heterocycles. The van der Waals surface area contributed by atoms with Crippen molar-refractivity contribution in [2.24, 2.45) is 0 Å². The Morgan fingerprint density at radius 1 is 1.69 bits per heavy atom. The average Bonchev–Trinajstić information content (AvgIpc) is 2.25.